The molecule has 0 fully saturated rings. The summed E-state index contributed by atoms with van der Waals surface area (Å²) >= 11 is 0. The van der Waals surface area contributed by atoms with Crippen LogP contribution in [0.2, 0.25) is 0 Å². The van der Waals surface area contributed by atoms with Crippen LogP contribution in [0.5, 0.6) is 0 Å². The lowest BCUT2D eigenvalue weighted by Gasteiger charge is -2.24. The van der Waals surface area contributed by atoms with Gasteiger partial charge in [0.25, 0.3) is 0 Å². The second-order valence-corrected chi connectivity index (χ2v) is 5.91. The van der Waals surface area contributed by atoms with Crippen LogP contribution < -0.4 is 16.4 Å². The van der Waals surface area contributed by atoms with Gasteiger partial charge in [-0.3, -0.25) is 4.79 Å². The molecule has 4 N–H and O–H groups in total. The van der Waals surface area contributed by atoms with Gasteiger partial charge in [0.15, 0.2) is 0 Å². The summed E-state index contributed by atoms with van der Waals surface area (Å²) in [5, 5.41) is 5.48. The van der Waals surface area contributed by atoms with Crippen molar-refractivity contribution in [3.8, 4) is 0 Å². The third-order valence-electron chi connectivity index (χ3n) is 2.63. The van der Waals surface area contributed by atoms with Crippen molar-refractivity contribution < 1.29 is 18.0 Å². The summed E-state index contributed by atoms with van der Waals surface area (Å²) in [5.74, 6) is -0.298. The van der Waals surface area contributed by atoms with Gasteiger partial charge in [-0.05, 0) is 45.9 Å². The molecule has 0 saturated carbocycles. The summed E-state index contributed by atoms with van der Waals surface area (Å²) in [4.78, 5) is 11.9. The second kappa shape index (κ2) is 5.83. The number of benzene rings is 1. The van der Waals surface area contributed by atoms with Crippen molar-refractivity contribution in [2.45, 2.75) is 45.5 Å². The van der Waals surface area contributed by atoms with E-state index in [-0.39, 0.29) is 17.3 Å². The molecule has 0 bridgehead atoms. The molecule has 0 aliphatic heterocycles. The number of nitrogen functional groups attached to an aromatic ring is 1. The van der Waals surface area contributed by atoms with Gasteiger partial charge in [0.05, 0.1) is 5.56 Å². The number of alkyl halides is 3. The fraction of sp³-hybridized carbons (Fsp3) is 0.500. The lowest BCUT2D eigenvalue weighted by molar-refractivity contribution is -0.136. The fourth-order valence-corrected chi connectivity index (χ4v) is 1.68. The van der Waals surface area contributed by atoms with E-state index in [0.717, 1.165) is 6.07 Å². The average Bonchev–Trinajstić information content (AvgIpc) is 2.27. The van der Waals surface area contributed by atoms with Crippen molar-refractivity contribution in [1.29, 1.82) is 0 Å². The molecule has 0 spiro atoms. The average molecular weight is 303 g/mol. The van der Waals surface area contributed by atoms with Crippen LogP contribution in [0.1, 0.15) is 33.3 Å². The molecule has 0 heterocycles. The van der Waals surface area contributed by atoms with Gasteiger partial charge in [-0.25, -0.2) is 0 Å². The van der Waals surface area contributed by atoms with Crippen molar-refractivity contribution in [2.24, 2.45) is 0 Å². The zero-order chi connectivity index (χ0) is 16.4. The van der Waals surface area contributed by atoms with Crippen molar-refractivity contribution in [3.63, 3.8) is 0 Å². The Morgan fingerprint density at radius 3 is 2.29 bits per heavy atom. The molecule has 0 aliphatic carbocycles. The first-order valence-corrected chi connectivity index (χ1v) is 6.45. The van der Waals surface area contributed by atoms with Gasteiger partial charge < -0.3 is 16.4 Å². The molecule has 21 heavy (non-hydrogen) atoms. The SMILES string of the molecule is CC(Nc1ccc(N)c(C(F)(F)F)c1)C(=O)NC(C)(C)C. The van der Waals surface area contributed by atoms with Gasteiger partial charge in [0, 0.05) is 16.9 Å². The van der Waals surface area contributed by atoms with Crippen LogP contribution in [0, 0.1) is 0 Å². The van der Waals surface area contributed by atoms with E-state index in [0.29, 0.717) is 0 Å². The Bertz CT molecular complexity index is 521. The number of halogens is 3. The van der Waals surface area contributed by atoms with E-state index in [4.69, 9.17) is 5.73 Å². The predicted molar refractivity (Wildman–Crippen MR) is 76.8 cm³/mol. The van der Waals surface area contributed by atoms with E-state index in [9.17, 15) is 18.0 Å². The highest BCUT2D eigenvalue weighted by Gasteiger charge is 2.33. The first-order valence-electron chi connectivity index (χ1n) is 6.45. The Hall–Kier alpha value is -1.92. The van der Waals surface area contributed by atoms with Crippen molar-refractivity contribution in [2.75, 3.05) is 11.1 Å². The van der Waals surface area contributed by atoms with Crippen LogP contribution in [-0.4, -0.2) is 17.5 Å². The molecule has 1 rings (SSSR count). The molecular weight excluding hydrogens is 283 g/mol. The lowest BCUT2D eigenvalue weighted by atomic mass is 10.1. The minimum atomic E-state index is -4.53. The Morgan fingerprint density at radius 1 is 1.24 bits per heavy atom. The second-order valence-electron chi connectivity index (χ2n) is 5.91. The van der Waals surface area contributed by atoms with Gasteiger partial charge in [-0.1, -0.05) is 0 Å². The predicted octanol–water partition coefficient (Wildman–Crippen LogP) is 3.00. The molecule has 1 unspecified atom stereocenters. The maximum Gasteiger partial charge on any atom is 0.418 e. The number of rotatable bonds is 3. The minimum Gasteiger partial charge on any atom is -0.398 e. The number of anilines is 2. The van der Waals surface area contributed by atoms with Gasteiger partial charge in [-0.15, -0.1) is 0 Å². The maximum absolute atomic E-state index is 12.8. The molecule has 0 saturated heterocycles. The summed E-state index contributed by atoms with van der Waals surface area (Å²) in [5.41, 5.74) is 3.83. The Balaban J connectivity index is 2.87. The van der Waals surface area contributed by atoms with Crippen LogP contribution >= 0.6 is 0 Å². The smallest absolute Gasteiger partial charge is 0.398 e. The summed E-state index contributed by atoms with van der Waals surface area (Å²) < 4.78 is 38.3. The molecule has 1 atom stereocenters. The number of amides is 1. The molecule has 118 valence electrons. The topological polar surface area (TPSA) is 67.1 Å². The van der Waals surface area contributed by atoms with Crippen LogP contribution in [0.25, 0.3) is 0 Å². The van der Waals surface area contributed by atoms with E-state index < -0.39 is 23.3 Å². The van der Waals surface area contributed by atoms with Crippen molar-refractivity contribution in [1.82, 2.24) is 5.32 Å². The Labute approximate surface area is 121 Å². The normalized spacial score (nSPS) is 13.7. The van der Waals surface area contributed by atoms with Crippen LogP contribution in [-0.2, 0) is 11.0 Å². The summed E-state index contributed by atoms with van der Waals surface area (Å²) in [6.45, 7) is 7.04. The van der Waals surface area contributed by atoms with Crippen LogP contribution in [0.15, 0.2) is 18.2 Å². The number of hydrogen-bond donors (Lipinski definition) is 3. The Morgan fingerprint density at radius 2 is 1.81 bits per heavy atom. The van der Waals surface area contributed by atoms with E-state index in [1.54, 1.807) is 6.92 Å². The molecule has 7 heteroatoms. The summed E-state index contributed by atoms with van der Waals surface area (Å²) in [7, 11) is 0. The van der Waals surface area contributed by atoms with E-state index in [1.807, 2.05) is 20.8 Å². The first kappa shape index (κ1) is 17.1. The molecule has 1 aromatic carbocycles. The highest BCUT2D eigenvalue weighted by molar-refractivity contribution is 5.84. The fourth-order valence-electron chi connectivity index (χ4n) is 1.68. The standard InChI is InChI=1S/C14H20F3N3O/c1-8(12(21)20-13(2,3)4)19-9-5-6-11(18)10(7-9)14(15,16)17/h5-8,19H,18H2,1-4H3,(H,20,21). The van der Waals surface area contributed by atoms with Gasteiger partial charge in [0.1, 0.15) is 6.04 Å². The van der Waals surface area contributed by atoms with Gasteiger partial charge in [0.2, 0.25) is 5.91 Å². The highest BCUT2D eigenvalue weighted by Crippen LogP contribution is 2.35. The number of nitrogens with one attached hydrogen (secondary N) is 2. The zero-order valence-electron chi connectivity index (χ0n) is 12.4. The number of nitrogens with two attached hydrogens (primary N) is 1. The maximum atomic E-state index is 12.8. The molecule has 0 aliphatic rings. The van der Waals surface area contributed by atoms with E-state index >= 15 is 0 Å². The molecule has 4 nitrogen and oxygen atoms in total. The summed E-state index contributed by atoms with van der Waals surface area (Å²) in [6, 6.07) is 2.80. The number of carbonyl (C=O) groups is 1. The lowest BCUT2D eigenvalue weighted by Crippen LogP contribution is -2.47. The van der Waals surface area contributed by atoms with Crippen LogP contribution in [0.4, 0.5) is 24.5 Å². The van der Waals surface area contributed by atoms with Gasteiger partial charge >= 0.3 is 6.18 Å². The molecular formula is C14H20F3N3O. The largest absolute Gasteiger partial charge is 0.418 e. The Kier molecular flexibility index (Phi) is 4.76. The first-order chi connectivity index (χ1) is 9.40. The van der Waals surface area contributed by atoms with Crippen molar-refractivity contribution >= 4 is 17.3 Å². The van der Waals surface area contributed by atoms with Crippen LogP contribution in [0.3, 0.4) is 0 Å². The zero-order valence-corrected chi connectivity index (χ0v) is 12.4. The number of carbonyl (C=O) groups excluding carboxylic acids is 1. The molecule has 1 aromatic rings. The van der Waals surface area contributed by atoms with Gasteiger partial charge in [-0.2, -0.15) is 13.2 Å². The highest BCUT2D eigenvalue weighted by atomic mass is 19.4. The summed E-state index contributed by atoms with van der Waals surface area (Å²) in [6.07, 6.45) is -4.53. The number of hydrogen-bond acceptors (Lipinski definition) is 3. The molecule has 0 aromatic heterocycles. The molecule has 1 amide bonds. The third kappa shape index (κ3) is 5.17. The monoisotopic (exact) mass is 303 g/mol. The molecule has 0 radical (unpaired) electrons. The third-order valence-corrected chi connectivity index (χ3v) is 2.63. The van der Waals surface area contributed by atoms with Crippen molar-refractivity contribution in [3.05, 3.63) is 23.8 Å². The minimum absolute atomic E-state index is 0.188. The quantitative estimate of drug-likeness (QED) is 0.752. The van der Waals surface area contributed by atoms with E-state index in [1.165, 1.54) is 12.1 Å². The van der Waals surface area contributed by atoms with E-state index in [2.05, 4.69) is 10.6 Å².